The van der Waals surface area contributed by atoms with Crippen LogP contribution in [0, 0.1) is 12.8 Å². The lowest BCUT2D eigenvalue weighted by molar-refractivity contribution is 0.143. The fraction of sp³-hybridized carbons (Fsp3) is 0.353. The lowest BCUT2D eigenvalue weighted by Crippen LogP contribution is -2.21. The van der Waals surface area contributed by atoms with Crippen molar-refractivity contribution in [1.82, 2.24) is 10.3 Å². The van der Waals surface area contributed by atoms with Crippen molar-refractivity contribution in [2.24, 2.45) is 5.92 Å². The molecule has 0 spiro atoms. The Labute approximate surface area is 130 Å². The summed E-state index contributed by atoms with van der Waals surface area (Å²) in [5.74, 6) is 1.35. The Morgan fingerprint density at radius 1 is 1.38 bits per heavy atom. The third-order valence-corrected chi connectivity index (χ3v) is 4.17. The second-order valence-corrected chi connectivity index (χ2v) is 5.92. The van der Waals surface area contributed by atoms with Gasteiger partial charge in [-0.2, -0.15) is 0 Å². The quantitative estimate of drug-likeness (QED) is 0.933. The van der Waals surface area contributed by atoms with Gasteiger partial charge in [-0.3, -0.25) is 4.98 Å². The van der Waals surface area contributed by atoms with E-state index in [1.807, 2.05) is 37.4 Å². The topological polar surface area (TPSA) is 34.1 Å². The Hall–Kier alpha value is -1.58. The summed E-state index contributed by atoms with van der Waals surface area (Å²) in [6.07, 6.45) is 4.83. The first-order valence-electron chi connectivity index (χ1n) is 7.27. The van der Waals surface area contributed by atoms with E-state index in [4.69, 9.17) is 16.3 Å². The molecular formula is C17H19ClN2O. The van der Waals surface area contributed by atoms with E-state index in [0.717, 1.165) is 41.4 Å². The maximum Gasteiger partial charge on any atom is 0.129 e. The maximum atomic E-state index is 6.33. The fourth-order valence-corrected chi connectivity index (χ4v) is 3.02. The molecule has 1 fully saturated rings. The molecule has 0 saturated carbocycles. The molecule has 0 radical (unpaired) electrons. The van der Waals surface area contributed by atoms with Gasteiger partial charge in [0.1, 0.15) is 11.9 Å². The Kier molecular flexibility index (Phi) is 4.42. The molecule has 2 heterocycles. The number of aromatic nitrogens is 1. The first-order valence-corrected chi connectivity index (χ1v) is 7.65. The first kappa shape index (κ1) is 14.4. The summed E-state index contributed by atoms with van der Waals surface area (Å²) < 4.78 is 6.33. The van der Waals surface area contributed by atoms with Crippen LogP contribution in [-0.2, 0) is 0 Å². The molecule has 0 amide bonds. The SMILES string of the molecule is Cc1cc(Cl)ccc1O[C@H](c1cccnc1)C1CCNC1. The van der Waals surface area contributed by atoms with E-state index >= 15 is 0 Å². The summed E-state index contributed by atoms with van der Waals surface area (Å²) in [5, 5.41) is 4.15. The number of hydrogen-bond acceptors (Lipinski definition) is 3. The number of hydrogen-bond donors (Lipinski definition) is 1. The molecule has 1 aliphatic rings. The van der Waals surface area contributed by atoms with Crippen LogP contribution < -0.4 is 10.1 Å². The van der Waals surface area contributed by atoms with Gasteiger partial charge in [-0.05, 0) is 49.7 Å². The summed E-state index contributed by atoms with van der Waals surface area (Å²) >= 11 is 6.02. The molecule has 2 aromatic rings. The summed E-state index contributed by atoms with van der Waals surface area (Å²) in [6.45, 7) is 4.05. The highest BCUT2D eigenvalue weighted by molar-refractivity contribution is 6.30. The van der Waals surface area contributed by atoms with E-state index in [1.165, 1.54) is 0 Å². The standard InChI is InChI=1S/C17H19ClN2O/c1-12-9-15(18)4-5-16(12)21-17(14-6-8-20-11-14)13-3-2-7-19-10-13/h2-5,7,9-10,14,17,20H,6,8,11H2,1H3/t14?,17-/m1/s1. The molecule has 1 aliphatic heterocycles. The van der Waals surface area contributed by atoms with Crippen molar-refractivity contribution in [1.29, 1.82) is 0 Å². The fourth-order valence-electron chi connectivity index (χ4n) is 2.80. The third kappa shape index (κ3) is 3.36. The molecule has 1 aromatic carbocycles. The minimum Gasteiger partial charge on any atom is -0.485 e. The number of pyridine rings is 1. The lowest BCUT2D eigenvalue weighted by Gasteiger charge is -2.25. The zero-order valence-electron chi connectivity index (χ0n) is 12.1. The second kappa shape index (κ2) is 6.46. The maximum absolute atomic E-state index is 6.33. The molecule has 2 atom stereocenters. The van der Waals surface area contributed by atoms with E-state index in [0.29, 0.717) is 5.92 Å². The van der Waals surface area contributed by atoms with Gasteiger partial charge in [0.2, 0.25) is 0 Å². The van der Waals surface area contributed by atoms with Crippen LogP contribution in [0.2, 0.25) is 5.02 Å². The Morgan fingerprint density at radius 3 is 2.95 bits per heavy atom. The predicted molar refractivity (Wildman–Crippen MR) is 84.8 cm³/mol. The van der Waals surface area contributed by atoms with Crippen LogP contribution >= 0.6 is 11.6 Å². The van der Waals surface area contributed by atoms with Gasteiger partial charge in [-0.1, -0.05) is 17.7 Å². The van der Waals surface area contributed by atoms with Gasteiger partial charge in [-0.25, -0.2) is 0 Å². The Morgan fingerprint density at radius 2 is 2.29 bits per heavy atom. The molecule has 1 aromatic heterocycles. The summed E-state index contributed by atoms with van der Waals surface area (Å²) in [4.78, 5) is 4.23. The third-order valence-electron chi connectivity index (χ3n) is 3.93. The molecule has 1 unspecified atom stereocenters. The highest BCUT2D eigenvalue weighted by atomic mass is 35.5. The number of nitrogens with zero attached hydrogens (tertiary/aromatic N) is 1. The second-order valence-electron chi connectivity index (χ2n) is 5.49. The van der Waals surface area contributed by atoms with Gasteiger partial charge in [0.15, 0.2) is 0 Å². The zero-order valence-corrected chi connectivity index (χ0v) is 12.8. The van der Waals surface area contributed by atoms with Crippen LogP contribution in [0.25, 0.3) is 0 Å². The highest BCUT2D eigenvalue weighted by Gasteiger charge is 2.28. The molecule has 4 heteroatoms. The van der Waals surface area contributed by atoms with Crippen molar-refractivity contribution < 1.29 is 4.74 Å². The number of aryl methyl sites for hydroxylation is 1. The highest BCUT2D eigenvalue weighted by Crippen LogP contribution is 2.33. The summed E-state index contributed by atoms with van der Waals surface area (Å²) in [7, 11) is 0. The van der Waals surface area contributed by atoms with Crippen LogP contribution in [0.5, 0.6) is 5.75 Å². The van der Waals surface area contributed by atoms with E-state index in [1.54, 1.807) is 6.20 Å². The average molecular weight is 303 g/mol. The van der Waals surface area contributed by atoms with E-state index < -0.39 is 0 Å². The van der Waals surface area contributed by atoms with Crippen molar-refractivity contribution >= 4 is 11.6 Å². The number of nitrogens with one attached hydrogen (secondary N) is 1. The van der Waals surface area contributed by atoms with Crippen molar-refractivity contribution in [3.63, 3.8) is 0 Å². The van der Waals surface area contributed by atoms with Crippen LogP contribution in [0.3, 0.4) is 0 Å². The smallest absolute Gasteiger partial charge is 0.129 e. The average Bonchev–Trinajstić information content (AvgIpc) is 3.01. The van der Waals surface area contributed by atoms with Gasteiger partial charge >= 0.3 is 0 Å². The number of ether oxygens (including phenoxy) is 1. The number of halogens is 1. The minimum absolute atomic E-state index is 0.0218. The molecule has 21 heavy (non-hydrogen) atoms. The molecule has 0 bridgehead atoms. The van der Waals surface area contributed by atoms with Crippen LogP contribution in [0.1, 0.15) is 23.7 Å². The van der Waals surface area contributed by atoms with Gasteiger partial charge in [0.25, 0.3) is 0 Å². The van der Waals surface area contributed by atoms with Crippen molar-refractivity contribution in [3.05, 3.63) is 58.9 Å². The van der Waals surface area contributed by atoms with E-state index in [-0.39, 0.29) is 6.10 Å². The van der Waals surface area contributed by atoms with Crippen molar-refractivity contribution in [2.75, 3.05) is 13.1 Å². The molecule has 110 valence electrons. The molecule has 0 aliphatic carbocycles. The lowest BCUT2D eigenvalue weighted by atomic mass is 9.96. The number of rotatable bonds is 4. The first-order chi connectivity index (χ1) is 10.2. The Bertz CT molecular complexity index is 597. The molecule has 1 N–H and O–H groups in total. The number of benzene rings is 1. The summed E-state index contributed by atoms with van der Waals surface area (Å²) in [5.41, 5.74) is 2.18. The van der Waals surface area contributed by atoms with Crippen molar-refractivity contribution in [2.45, 2.75) is 19.4 Å². The molecular weight excluding hydrogens is 284 g/mol. The zero-order chi connectivity index (χ0) is 14.7. The molecule has 3 rings (SSSR count). The largest absolute Gasteiger partial charge is 0.485 e. The van der Waals surface area contributed by atoms with E-state index in [2.05, 4.69) is 16.4 Å². The predicted octanol–water partition coefficient (Wildman–Crippen LogP) is 3.77. The van der Waals surface area contributed by atoms with Crippen molar-refractivity contribution in [3.8, 4) is 5.75 Å². The van der Waals surface area contributed by atoms with Gasteiger partial charge in [-0.15, -0.1) is 0 Å². The Balaban J connectivity index is 1.88. The van der Waals surface area contributed by atoms with Gasteiger partial charge in [0.05, 0.1) is 0 Å². The minimum atomic E-state index is 0.0218. The monoisotopic (exact) mass is 302 g/mol. The van der Waals surface area contributed by atoms with Crippen LogP contribution in [0.4, 0.5) is 0 Å². The van der Waals surface area contributed by atoms with Gasteiger partial charge in [0, 0.05) is 35.4 Å². The normalized spacial score (nSPS) is 19.4. The van der Waals surface area contributed by atoms with Gasteiger partial charge < -0.3 is 10.1 Å². The van der Waals surface area contributed by atoms with Crippen LogP contribution in [0.15, 0.2) is 42.7 Å². The van der Waals surface area contributed by atoms with Crippen LogP contribution in [-0.4, -0.2) is 18.1 Å². The molecule has 3 nitrogen and oxygen atoms in total. The molecule has 1 saturated heterocycles. The van der Waals surface area contributed by atoms with E-state index in [9.17, 15) is 0 Å². The summed E-state index contributed by atoms with van der Waals surface area (Å²) in [6, 6.07) is 9.80.